The maximum absolute atomic E-state index is 4.34. The van der Waals surface area contributed by atoms with Gasteiger partial charge in [-0.2, -0.15) is 0 Å². The van der Waals surface area contributed by atoms with Crippen LogP contribution in [0.4, 0.5) is 0 Å². The minimum atomic E-state index is 0.858. The number of hydrogen-bond acceptors (Lipinski definition) is 4. The van der Waals surface area contributed by atoms with E-state index in [-0.39, 0.29) is 0 Å². The number of hydrogen-bond donors (Lipinski definition) is 2. The normalized spacial score (nSPS) is 18.8. The van der Waals surface area contributed by atoms with Crippen molar-refractivity contribution < 1.29 is 0 Å². The zero-order valence-electron chi connectivity index (χ0n) is 9.13. The van der Waals surface area contributed by atoms with Gasteiger partial charge in [0, 0.05) is 28.6 Å². The highest BCUT2D eigenvalue weighted by molar-refractivity contribution is 9.11. The third-order valence-electron chi connectivity index (χ3n) is 2.95. The summed E-state index contributed by atoms with van der Waals surface area (Å²) in [5.74, 6) is 0.880. The summed E-state index contributed by atoms with van der Waals surface area (Å²) in [7, 11) is 0. The molecule has 2 aliphatic rings. The van der Waals surface area contributed by atoms with E-state index < -0.39 is 0 Å². The Morgan fingerprint density at radius 2 is 1.82 bits per heavy atom. The van der Waals surface area contributed by atoms with Gasteiger partial charge in [0.2, 0.25) is 5.96 Å². The van der Waals surface area contributed by atoms with Gasteiger partial charge in [-0.15, -0.1) is 0 Å². The molecule has 17 heavy (non-hydrogen) atoms. The Labute approximate surface area is 117 Å². The molecule has 1 aromatic rings. The standard InChI is InChI=1S/C11H12Br2N4/c12-9-1-2-10(13)8-6-17(5-7(8)9)16-11-14-3-4-15-11/h1-2H,3-6H2,(H2,14,15,16). The zero-order chi connectivity index (χ0) is 11.8. The number of aliphatic imine (C=N–C) groups is 1. The van der Waals surface area contributed by atoms with Crippen LogP contribution in [0.25, 0.3) is 0 Å². The molecule has 0 amide bonds. The molecule has 0 aliphatic carbocycles. The summed E-state index contributed by atoms with van der Waals surface area (Å²) >= 11 is 7.20. The molecule has 0 saturated heterocycles. The number of rotatable bonds is 1. The molecule has 0 radical (unpaired) electrons. The molecule has 0 atom stereocenters. The Bertz CT molecular complexity index is 456. The van der Waals surface area contributed by atoms with Crippen molar-refractivity contribution >= 4 is 37.8 Å². The van der Waals surface area contributed by atoms with E-state index in [9.17, 15) is 0 Å². The molecule has 0 spiro atoms. The Morgan fingerprint density at radius 3 is 2.35 bits per heavy atom. The van der Waals surface area contributed by atoms with E-state index in [1.54, 1.807) is 0 Å². The van der Waals surface area contributed by atoms with Crippen molar-refractivity contribution in [3.63, 3.8) is 0 Å². The third kappa shape index (κ3) is 2.21. The fourth-order valence-electron chi connectivity index (χ4n) is 2.12. The van der Waals surface area contributed by atoms with Crippen LogP contribution in [-0.2, 0) is 13.1 Å². The minimum Gasteiger partial charge on any atom is -0.353 e. The SMILES string of the molecule is Brc1ccc(Br)c2c1CN(NC1=NCCN1)C2. The molecule has 0 unspecified atom stereocenters. The van der Waals surface area contributed by atoms with Gasteiger partial charge in [-0.1, -0.05) is 31.9 Å². The Kier molecular flexibility index (Phi) is 3.10. The van der Waals surface area contributed by atoms with Crippen molar-refractivity contribution in [2.45, 2.75) is 13.1 Å². The lowest BCUT2D eigenvalue weighted by Gasteiger charge is -2.17. The number of nitrogens with one attached hydrogen (secondary N) is 2. The van der Waals surface area contributed by atoms with E-state index in [4.69, 9.17) is 0 Å². The zero-order valence-corrected chi connectivity index (χ0v) is 12.3. The predicted octanol–water partition coefficient (Wildman–Crippen LogP) is 1.99. The highest BCUT2D eigenvalue weighted by Gasteiger charge is 2.24. The summed E-state index contributed by atoms with van der Waals surface area (Å²) in [5, 5.41) is 5.38. The van der Waals surface area contributed by atoms with Crippen LogP contribution in [0.15, 0.2) is 26.1 Å². The second kappa shape index (κ2) is 4.59. The van der Waals surface area contributed by atoms with E-state index in [1.165, 1.54) is 20.1 Å². The van der Waals surface area contributed by atoms with Gasteiger partial charge in [0.1, 0.15) is 0 Å². The molecular weight excluding hydrogens is 348 g/mol. The highest BCUT2D eigenvalue weighted by atomic mass is 79.9. The van der Waals surface area contributed by atoms with Crippen LogP contribution in [0.5, 0.6) is 0 Å². The van der Waals surface area contributed by atoms with Crippen molar-refractivity contribution in [3.05, 3.63) is 32.2 Å². The second-order valence-electron chi connectivity index (χ2n) is 4.11. The van der Waals surface area contributed by atoms with Gasteiger partial charge in [-0.25, -0.2) is 5.01 Å². The van der Waals surface area contributed by atoms with Crippen molar-refractivity contribution in [2.24, 2.45) is 4.99 Å². The molecule has 0 aromatic heterocycles. The van der Waals surface area contributed by atoms with E-state index in [2.05, 4.69) is 64.7 Å². The number of guanidine groups is 1. The van der Waals surface area contributed by atoms with E-state index >= 15 is 0 Å². The van der Waals surface area contributed by atoms with Crippen LogP contribution >= 0.6 is 31.9 Å². The predicted molar refractivity (Wildman–Crippen MR) is 74.5 cm³/mol. The molecule has 1 aromatic carbocycles. The van der Waals surface area contributed by atoms with Crippen molar-refractivity contribution in [2.75, 3.05) is 13.1 Å². The molecule has 3 rings (SSSR count). The summed E-state index contributed by atoms with van der Waals surface area (Å²) < 4.78 is 2.34. The lowest BCUT2D eigenvalue weighted by Crippen LogP contribution is -2.43. The van der Waals surface area contributed by atoms with E-state index in [0.717, 1.165) is 32.1 Å². The molecule has 90 valence electrons. The first-order chi connectivity index (χ1) is 8.24. The van der Waals surface area contributed by atoms with Gasteiger partial charge < -0.3 is 5.32 Å². The monoisotopic (exact) mass is 358 g/mol. The van der Waals surface area contributed by atoms with Crippen LogP contribution in [0.3, 0.4) is 0 Å². The van der Waals surface area contributed by atoms with Gasteiger partial charge in [0.25, 0.3) is 0 Å². The molecule has 0 saturated carbocycles. The van der Waals surface area contributed by atoms with Crippen LogP contribution in [-0.4, -0.2) is 24.1 Å². The molecular formula is C11H12Br2N4. The van der Waals surface area contributed by atoms with Crippen LogP contribution in [0, 0.1) is 0 Å². The van der Waals surface area contributed by atoms with Gasteiger partial charge in [0.05, 0.1) is 6.54 Å². The Balaban J connectivity index is 1.78. The van der Waals surface area contributed by atoms with Crippen molar-refractivity contribution in [3.8, 4) is 0 Å². The molecule has 2 aliphatic heterocycles. The number of fused-ring (bicyclic) bond motifs is 1. The summed E-state index contributed by atoms with van der Waals surface area (Å²) in [4.78, 5) is 4.34. The molecule has 4 nitrogen and oxygen atoms in total. The summed E-state index contributed by atoms with van der Waals surface area (Å²) in [5.41, 5.74) is 5.99. The molecule has 0 bridgehead atoms. The second-order valence-corrected chi connectivity index (χ2v) is 5.82. The maximum atomic E-state index is 4.34. The Hall–Kier alpha value is -0.590. The van der Waals surface area contributed by atoms with Gasteiger partial charge in [0.15, 0.2) is 0 Å². The van der Waals surface area contributed by atoms with Gasteiger partial charge in [-0.05, 0) is 23.3 Å². The quantitative estimate of drug-likeness (QED) is 0.805. The third-order valence-corrected chi connectivity index (χ3v) is 4.44. The smallest absolute Gasteiger partial charge is 0.206 e. The fraction of sp³-hybridized carbons (Fsp3) is 0.364. The summed E-state index contributed by atoms with van der Waals surface area (Å²) in [6.45, 7) is 3.55. The average Bonchev–Trinajstić information content (AvgIpc) is 2.94. The van der Waals surface area contributed by atoms with Gasteiger partial charge in [-0.3, -0.25) is 10.4 Å². The summed E-state index contributed by atoms with van der Waals surface area (Å²) in [6, 6.07) is 4.16. The fourth-order valence-corrected chi connectivity index (χ4v) is 3.11. The number of hydrazine groups is 1. The minimum absolute atomic E-state index is 0.858. The first kappa shape index (κ1) is 11.5. The number of halogens is 2. The molecule has 6 heteroatoms. The van der Waals surface area contributed by atoms with Crippen LogP contribution in [0.2, 0.25) is 0 Å². The molecule has 2 N–H and O–H groups in total. The first-order valence-corrected chi connectivity index (χ1v) is 7.08. The molecule has 2 heterocycles. The lowest BCUT2D eigenvalue weighted by molar-refractivity contribution is 0.239. The van der Waals surface area contributed by atoms with E-state index in [1.807, 2.05) is 0 Å². The largest absolute Gasteiger partial charge is 0.353 e. The topological polar surface area (TPSA) is 39.7 Å². The summed E-state index contributed by atoms with van der Waals surface area (Å²) in [6.07, 6.45) is 0. The maximum Gasteiger partial charge on any atom is 0.206 e. The average molecular weight is 360 g/mol. The van der Waals surface area contributed by atoms with Crippen molar-refractivity contribution in [1.29, 1.82) is 0 Å². The lowest BCUT2D eigenvalue weighted by atomic mass is 10.1. The number of nitrogens with zero attached hydrogens (tertiary/aromatic N) is 2. The Morgan fingerprint density at radius 1 is 1.18 bits per heavy atom. The van der Waals surface area contributed by atoms with Crippen LogP contribution in [0.1, 0.15) is 11.1 Å². The number of benzene rings is 1. The van der Waals surface area contributed by atoms with Gasteiger partial charge >= 0.3 is 0 Å². The first-order valence-electron chi connectivity index (χ1n) is 5.50. The highest BCUT2D eigenvalue weighted by Crippen LogP contribution is 2.33. The van der Waals surface area contributed by atoms with Crippen LogP contribution < -0.4 is 10.7 Å². The molecule has 0 fully saturated rings. The van der Waals surface area contributed by atoms with Crippen molar-refractivity contribution in [1.82, 2.24) is 15.8 Å². The van der Waals surface area contributed by atoms with E-state index in [0.29, 0.717) is 0 Å².